The van der Waals surface area contributed by atoms with Crippen LogP contribution in [0.1, 0.15) is 44.5 Å². The molecule has 0 aliphatic heterocycles. The van der Waals surface area contributed by atoms with Gasteiger partial charge in [0.2, 0.25) is 0 Å². The highest BCUT2D eigenvalue weighted by atomic mass is 32.2. The van der Waals surface area contributed by atoms with Crippen LogP contribution in [0.3, 0.4) is 0 Å². The molecule has 0 heterocycles. The van der Waals surface area contributed by atoms with E-state index in [4.69, 9.17) is 0 Å². The predicted octanol–water partition coefficient (Wildman–Crippen LogP) is 8.78. The Hall–Kier alpha value is -1.03. The van der Waals surface area contributed by atoms with Crippen LogP contribution >= 0.6 is 35.3 Å². The van der Waals surface area contributed by atoms with E-state index < -0.39 is 0 Å². The Morgan fingerprint density at radius 2 is 0.667 bits per heavy atom. The average molecular weight is 415 g/mol. The molecule has 3 heteroatoms. The monoisotopic (exact) mass is 414 g/mol. The maximum absolute atomic E-state index is 3.90. The lowest BCUT2D eigenvalue weighted by Crippen LogP contribution is -2.01. The highest BCUT2D eigenvalue weighted by Crippen LogP contribution is 2.45. The minimum Gasteiger partial charge on any atom is -0.0981 e. The van der Waals surface area contributed by atoms with E-state index >= 15 is 0 Å². The van der Waals surface area contributed by atoms with Gasteiger partial charge in [0, 0.05) is 19.6 Å². The van der Waals surface area contributed by atoms with E-state index in [1.807, 2.05) is 22.6 Å². The molecule has 0 N–H and O–H groups in total. The van der Waals surface area contributed by atoms with Crippen LogP contribution in [0.2, 0.25) is 0 Å². The first kappa shape index (κ1) is 22.3. The molecule has 0 saturated carbocycles. The van der Waals surface area contributed by atoms with E-state index in [1.165, 1.54) is 64.1 Å². The molecule has 0 aromatic heterocycles. The molecule has 0 saturated heterocycles. The Kier molecular flexibility index (Phi) is 7.40. The summed E-state index contributed by atoms with van der Waals surface area (Å²) >= 11 is 5.40. The van der Waals surface area contributed by atoms with Crippen molar-refractivity contribution in [3.63, 3.8) is 0 Å². The molecule has 0 fully saturated rings. The number of hydrogen-bond donors (Lipinski definition) is 0. The molecule has 0 unspecified atom stereocenters. The van der Waals surface area contributed by atoms with Crippen LogP contribution in [0.15, 0.2) is 43.6 Å². The fourth-order valence-corrected chi connectivity index (χ4v) is 6.50. The summed E-state index contributed by atoms with van der Waals surface area (Å²) in [5.41, 5.74) is 11.0. The van der Waals surface area contributed by atoms with E-state index in [-0.39, 0.29) is 0 Å². The minimum atomic E-state index is 1.35. The summed E-state index contributed by atoms with van der Waals surface area (Å²) < 4.78 is 0. The van der Waals surface area contributed by atoms with Gasteiger partial charge in [0.05, 0.1) is 0 Å². The number of thioether (sulfide) groups is 2. The standard InChI is InChI=1S/C24H30S3/c1-11-25-21-13(3)17(7)23(18(8)14(21)4)27-24-19(9)15(5)22(26-12-2)16(6)20(24)10/h11-12H,1-2H2,3-10H3. The van der Waals surface area contributed by atoms with Gasteiger partial charge in [-0.3, -0.25) is 0 Å². The van der Waals surface area contributed by atoms with E-state index in [0.29, 0.717) is 0 Å². The number of hydrogen-bond acceptors (Lipinski definition) is 3. The van der Waals surface area contributed by atoms with Crippen molar-refractivity contribution < 1.29 is 0 Å². The molecule has 0 aliphatic rings. The van der Waals surface area contributed by atoms with E-state index in [1.54, 1.807) is 23.5 Å². The van der Waals surface area contributed by atoms with Crippen LogP contribution in [0.4, 0.5) is 0 Å². The minimum absolute atomic E-state index is 1.35. The molecule has 2 aromatic carbocycles. The van der Waals surface area contributed by atoms with Gasteiger partial charge >= 0.3 is 0 Å². The molecule has 144 valence electrons. The quantitative estimate of drug-likeness (QED) is 0.433. The van der Waals surface area contributed by atoms with Crippen LogP contribution in [-0.2, 0) is 0 Å². The smallest absolute Gasteiger partial charge is 0.0187 e. The maximum Gasteiger partial charge on any atom is 0.0187 e. The topological polar surface area (TPSA) is 0 Å². The van der Waals surface area contributed by atoms with Gasteiger partial charge in [-0.05, 0) is 111 Å². The SMILES string of the molecule is C=CSc1c(C)c(C)c(Sc2c(C)c(C)c(SC=C)c(C)c2C)c(C)c1C. The zero-order chi connectivity index (χ0) is 20.5. The van der Waals surface area contributed by atoms with Gasteiger partial charge in [-0.2, -0.15) is 0 Å². The maximum atomic E-state index is 3.90. The second-order valence-corrected chi connectivity index (χ2v) is 9.96. The van der Waals surface area contributed by atoms with Crippen molar-refractivity contribution in [2.75, 3.05) is 0 Å². The summed E-state index contributed by atoms with van der Waals surface area (Å²) in [5.74, 6) is 0. The molecule has 0 amide bonds. The van der Waals surface area contributed by atoms with Gasteiger partial charge in [-0.25, -0.2) is 0 Å². The second-order valence-electron chi connectivity index (χ2n) is 6.99. The summed E-state index contributed by atoms with van der Waals surface area (Å²) in [5, 5.41) is 3.86. The highest BCUT2D eigenvalue weighted by molar-refractivity contribution is 8.02. The Morgan fingerprint density at radius 1 is 0.444 bits per heavy atom. The predicted molar refractivity (Wildman–Crippen MR) is 127 cm³/mol. The van der Waals surface area contributed by atoms with Gasteiger partial charge in [0.1, 0.15) is 0 Å². The lowest BCUT2D eigenvalue weighted by Gasteiger charge is -2.23. The molecular weight excluding hydrogens is 384 g/mol. The summed E-state index contributed by atoms with van der Waals surface area (Å²) in [6.07, 6.45) is 0. The van der Waals surface area contributed by atoms with Gasteiger partial charge in [-0.15, -0.1) is 0 Å². The lowest BCUT2D eigenvalue weighted by atomic mass is 10.0. The second kappa shape index (κ2) is 8.98. The van der Waals surface area contributed by atoms with Crippen LogP contribution < -0.4 is 0 Å². The third kappa shape index (κ3) is 4.06. The van der Waals surface area contributed by atoms with Crippen molar-refractivity contribution >= 4 is 35.3 Å². The van der Waals surface area contributed by atoms with E-state index in [9.17, 15) is 0 Å². The molecule has 27 heavy (non-hydrogen) atoms. The Bertz CT molecular complexity index is 787. The fourth-order valence-electron chi connectivity index (χ4n) is 3.42. The molecule has 0 nitrogen and oxygen atoms in total. The Balaban J connectivity index is 2.68. The third-order valence-corrected chi connectivity index (χ3v) is 9.24. The first-order valence-electron chi connectivity index (χ1n) is 9.10. The van der Waals surface area contributed by atoms with Crippen LogP contribution in [0.5, 0.6) is 0 Å². The molecule has 0 spiro atoms. The molecular formula is C24H30S3. The first-order valence-corrected chi connectivity index (χ1v) is 11.7. The van der Waals surface area contributed by atoms with Crippen molar-refractivity contribution in [3.05, 3.63) is 68.5 Å². The fraction of sp³-hybridized carbons (Fsp3) is 0.333. The first-order chi connectivity index (χ1) is 12.7. The molecule has 0 atom stereocenters. The summed E-state index contributed by atoms with van der Waals surface area (Å²) in [7, 11) is 0. The van der Waals surface area contributed by atoms with Crippen molar-refractivity contribution in [2.24, 2.45) is 0 Å². The van der Waals surface area contributed by atoms with Gasteiger partial charge < -0.3 is 0 Å². The van der Waals surface area contributed by atoms with Crippen molar-refractivity contribution in [2.45, 2.75) is 75.0 Å². The van der Waals surface area contributed by atoms with Crippen molar-refractivity contribution in [3.8, 4) is 0 Å². The highest BCUT2D eigenvalue weighted by Gasteiger charge is 2.20. The van der Waals surface area contributed by atoms with Crippen molar-refractivity contribution in [1.82, 2.24) is 0 Å². The Labute approximate surface area is 178 Å². The summed E-state index contributed by atoms with van der Waals surface area (Å²) in [6.45, 7) is 25.8. The van der Waals surface area contributed by atoms with Gasteiger partial charge in [0.15, 0.2) is 0 Å². The molecule has 2 aromatic rings. The Morgan fingerprint density at radius 3 is 0.889 bits per heavy atom. The van der Waals surface area contributed by atoms with Crippen molar-refractivity contribution in [1.29, 1.82) is 0 Å². The summed E-state index contributed by atoms with van der Waals surface area (Å²) in [4.78, 5) is 5.49. The normalized spacial score (nSPS) is 11.0. The van der Waals surface area contributed by atoms with Gasteiger partial charge in [0.25, 0.3) is 0 Å². The molecule has 0 bridgehead atoms. The van der Waals surface area contributed by atoms with Crippen LogP contribution in [0.25, 0.3) is 0 Å². The lowest BCUT2D eigenvalue weighted by molar-refractivity contribution is 1.04. The van der Waals surface area contributed by atoms with Gasteiger partial charge in [-0.1, -0.05) is 48.4 Å². The summed E-state index contributed by atoms with van der Waals surface area (Å²) in [6, 6.07) is 0. The molecule has 2 rings (SSSR count). The zero-order valence-corrected chi connectivity index (χ0v) is 20.2. The molecule has 0 radical (unpaired) electrons. The number of benzene rings is 2. The average Bonchev–Trinajstić information content (AvgIpc) is 2.65. The van der Waals surface area contributed by atoms with E-state index in [2.05, 4.69) is 68.5 Å². The zero-order valence-electron chi connectivity index (χ0n) is 17.8. The van der Waals surface area contributed by atoms with E-state index in [0.717, 1.165) is 0 Å². The van der Waals surface area contributed by atoms with Crippen LogP contribution in [-0.4, -0.2) is 0 Å². The van der Waals surface area contributed by atoms with Crippen LogP contribution in [0, 0.1) is 55.4 Å². The number of rotatable bonds is 6. The third-order valence-electron chi connectivity index (χ3n) is 5.58. The largest absolute Gasteiger partial charge is 0.0981 e. The molecule has 0 aliphatic carbocycles.